The van der Waals surface area contributed by atoms with Crippen LogP contribution in [0, 0.1) is 0 Å². The van der Waals surface area contributed by atoms with Crippen LogP contribution in [0.3, 0.4) is 0 Å². The van der Waals surface area contributed by atoms with E-state index in [-0.39, 0.29) is 38.6 Å². The molecule has 0 saturated heterocycles. The minimum Gasteiger partial charge on any atom is -0.462 e. The third kappa shape index (κ3) is 47.8. The fraction of sp³-hybridized carbons (Fsp3) is 0.882. The summed E-state index contributed by atoms with van der Waals surface area (Å²) in [5.41, 5.74) is 5.37. The lowest BCUT2D eigenvalue weighted by Gasteiger charge is -2.19. The highest BCUT2D eigenvalue weighted by molar-refractivity contribution is 7.47. The zero-order valence-corrected chi connectivity index (χ0v) is 40.8. The molecule has 0 radical (unpaired) electrons. The van der Waals surface area contributed by atoms with Gasteiger partial charge in [-0.25, -0.2) is 4.57 Å². The lowest BCUT2D eigenvalue weighted by molar-refractivity contribution is -0.161. The average molecular weight is 884 g/mol. The molecule has 0 saturated carbocycles. The first kappa shape index (κ1) is 59.5. The second-order valence-electron chi connectivity index (χ2n) is 17.4. The highest BCUT2D eigenvalue weighted by Gasteiger charge is 2.26. The number of carbonyl (C=O) groups excluding carboxylic acids is 2. The maximum atomic E-state index is 12.7. The molecule has 360 valence electrons. The Morgan fingerprint density at radius 3 is 1.16 bits per heavy atom. The van der Waals surface area contributed by atoms with Crippen molar-refractivity contribution >= 4 is 19.8 Å². The Labute approximate surface area is 376 Å². The fourth-order valence-electron chi connectivity index (χ4n) is 7.45. The Hall–Kier alpha value is -1.51. The summed E-state index contributed by atoms with van der Waals surface area (Å²) in [4.78, 5) is 35.1. The molecule has 0 amide bonds. The SMILES string of the molecule is CCCCCCCCC=CCCCCCCCCCCCCCC(=O)O[C@H](COC(=O)CCCCCCCCCCCC=CCCCCCCCC)COP(=O)(O)OCCN. The van der Waals surface area contributed by atoms with Crippen LogP contribution in [0.4, 0.5) is 0 Å². The number of esters is 2. The van der Waals surface area contributed by atoms with E-state index in [0.717, 1.165) is 38.5 Å². The first-order valence-electron chi connectivity index (χ1n) is 25.8. The predicted octanol–water partition coefficient (Wildman–Crippen LogP) is 15.5. The summed E-state index contributed by atoms with van der Waals surface area (Å²) in [6.07, 6.45) is 53.5. The molecule has 0 rings (SSSR count). The molecule has 0 aromatic carbocycles. The van der Waals surface area contributed by atoms with E-state index in [0.29, 0.717) is 6.42 Å². The van der Waals surface area contributed by atoms with Crippen molar-refractivity contribution in [1.29, 1.82) is 0 Å². The van der Waals surface area contributed by atoms with Gasteiger partial charge in [-0.05, 0) is 64.2 Å². The number of unbranched alkanes of at least 4 members (excludes halogenated alkanes) is 32. The topological polar surface area (TPSA) is 134 Å². The number of nitrogens with two attached hydrogens (primary N) is 1. The molecule has 0 aromatic rings. The normalized spacial score (nSPS) is 13.3. The van der Waals surface area contributed by atoms with Crippen LogP contribution in [0.15, 0.2) is 24.3 Å². The molecular formula is C51H98NO8P. The van der Waals surface area contributed by atoms with Gasteiger partial charge in [0.1, 0.15) is 6.61 Å². The van der Waals surface area contributed by atoms with Crippen molar-refractivity contribution in [2.75, 3.05) is 26.4 Å². The maximum Gasteiger partial charge on any atom is 0.472 e. The van der Waals surface area contributed by atoms with Gasteiger partial charge in [-0.3, -0.25) is 18.6 Å². The molecule has 9 nitrogen and oxygen atoms in total. The summed E-state index contributed by atoms with van der Waals surface area (Å²) >= 11 is 0. The van der Waals surface area contributed by atoms with Gasteiger partial charge < -0.3 is 20.1 Å². The van der Waals surface area contributed by atoms with Gasteiger partial charge in [0.15, 0.2) is 6.10 Å². The lowest BCUT2D eigenvalue weighted by Crippen LogP contribution is -2.29. The van der Waals surface area contributed by atoms with Crippen LogP contribution in [0.5, 0.6) is 0 Å². The van der Waals surface area contributed by atoms with Crippen molar-refractivity contribution in [1.82, 2.24) is 0 Å². The minimum absolute atomic E-state index is 0.0547. The molecule has 2 atom stereocenters. The molecule has 0 spiro atoms. The number of carbonyl (C=O) groups is 2. The summed E-state index contributed by atoms with van der Waals surface area (Å²) in [5.74, 6) is -0.820. The van der Waals surface area contributed by atoms with Crippen LogP contribution >= 0.6 is 7.82 Å². The van der Waals surface area contributed by atoms with Crippen molar-refractivity contribution in [2.24, 2.45) is 5.73 Å². The molecule has 3 N–H and O–H groups in total. The molecule has 0 aromatic heterocycles. The van der Waals surface area contributed by atoms with E-state index in [9.17, 15) is 19.0 Å². The molecule has 1 unspecified atom stereocenters. The van der Waals surface area contributed by atoms with E-state index in [2.05, 4.69) is 38.2 Å². The molecule has 0 aliphatic rings. The quantitative estimate of drug-likeness (QED) is 0.0265. The summed E-state index contributed by atoms with van der Waals surface area (Å²) in [5, 5.41) is 0. The Morgan fingerprint density at radius 2 is 0.803 bits per heavy atom. The van der Waals surface area contributed by atoms with Crippen LogP contribution in [-0.2, 0) is 32.7 Å². The fourth-order valence-corrected chi connectivity index (χ4v) is 8.21. The number of allylic oxidation sites excluding steroid dienone is 4. The number of ether oxygens (including phenoxy) is 2. The molecular weight excluding hydrogens is 786 g/mol. The molecule has 0 aliphatic carbocycles. The summed E-state index contributed by atoms with van der Waals surface area (Å²) in [7, 11) is -4.38. The van der Waals surface area contributed by atoms with Gasteiger partial charge in [-0.15, -0.1) is 0 Å². The van der Waals surface area contributed by atoms with Gasteiger partial charge >= 0.3 is 19.8 Å². The van der Waals surface area contributed by atoms with Crippen LogP contribution in [-0.4, -0.2) is 49.3 Å². The third-order valence-electron chi connectivity index (χ3n) is 11.3. The molecule has 61 heavy (non-hydrogen) atoms. The number of rotatable bonds is 49. The summed E-state index contributed by atoms with van der Waals surface area (Å²) in [6, 6.07) is 0. The Balaban J connectivity index is 4.02. The Morgan fingerprint density at radius 1 is 0.475 bits per heavy atom. The van der Waals surface area contributed by atoms with Crippen LogP contribution in [0.25, 0.3) is 0 Å². The highest BCUT2D eigenvalue weighted by Crippen LogP contribution is 2.43. The summed E-state index contributed by atoms with van der Waals surface area (Å²) < 4.78 is 32.9. The van der Waals surface area contributed by atoms with E-state index < -0.39 is 26.5 Å². The Kier molecular flexibility index (Phi) is 46.8. The zero-order chi connectivity index (χ0) is 44.6. The Bertz CT molecular complexity index is 1050. The molecule has 0 heterocycles. The van der Waals surface area contributed by atoms with Gasteiger partial charge in [-0.1, -0.05) is 205 Å². The second kappa shape index (κ2) is 48.0. The monoisotopic (exact) mass is 884 g/mol. The number of phosphoric acid groups is 1. The molecule has 10 heteroatoms. The van der Waals surface area contributed by atoms with Crippen LogP contribution in [0.1, 0.15) is 258 Å². The van der Waals surface area contributed by atoms with Crippen LogP contribution in [0.2, 0.25) is 0 Å². The van der Waals surface area contributed by atoms with E-state index in [1.54, 1.807) is 0 Å². The average Bonchev–Trinajstić information content (AvgIpc) is 3.25. The first-order valence-corrected chi connectivity index (χ1v) is 27.3. The summed E-state index contributed by atoms with van der Waals surface area (Å²) in [6.45, 7) is 3.77. The minimum atomic E-state index is -4.38. The number of phosphoric ester groups is 1. The van der Waals surface area contributed by atoms with Crippen molar-refractivity contribution in [3.63, 3.8) is 0 Å². The first-order chi connectivity index (χ1) is 29.8. The van der Waals surface area contributed by atoms with E-state index in [4.69, 9.17) is 24.3 Å². The highest BCUT2D eigenvalue weighted by atomic mass is 31.2. The molecule has 0 bridgehead atoms. The molecule has 0 aliphatic heterocycles. The smallest absolute Gasteiger partial charge is 0.462 e. The standard InChI is InChI=1S/C51H98NO8P/c1-3-5-7-9-11-13-15-17-19-21-23-24-26-28-30-32-34-36-38-40-42-44-51(54)60-49(48-59-61(55,56)58-46-45-52)47-57-50(53)43-41-39-37-35-33-31-29-27-25-22-20-18-16-14-12-10-8-6-4-2/h17-20,49H,3-16,21-48,52H2,1-2H3,(H,55,56)/t49-/m1/s1. The van der Waals surface area contributed by atoms with Gasteiger partial charge in [0.25, 0.3) is 0 Å². The van der Waals surface area contributed by atoms with E-state index in [1.807, 2.05) is 0 Å². The second-order valence-corrected chi connectivity index (χ2v) is 18.8. The number of hydrogen-bond acceptors (Lipinski definition) is 8. The van der Waals surface area contributed by atoms with Gasteiger partial charge in [0.05, 0.1) is 13.2 Å². The van der Waals surface area contributed by atoms with E-state index >= 15 is 0 Å². The third-order valence-corrected chi connectivity index (χ3v) is 12.3. The van der Waals surface area contributed by atoms with Crippen LogP contribution < -0.4 is 5.73 Å². The zero-order valence-electron chi connectivity index (χ0n) is 39.9. The van der Waals surface area contributed by atoms with Gasteiger partial charge in [-0.2, -0.15) is 0 Å². The van der Waals surface area contributed by atoms with E-state index in [1.165, 1.54) is 186 Å². The van der Waals surface area contributed by atoms with Crippen molar-refractivity contribution < 1.29 is 37.6 Å². The lowest BCUT2D eigenvalue weighted by atomic mass is 10.0. The maximum absolute atomic E-state index is 12.7. The molecule has 0 fully saturated rings. The van der Waals surface area contributed by atoms with Crippen molar-refractivity contribution in [3.8, 4) is 0 Å². The van der Waals surface area contributed by atoms with Gasteiger partial charge in [0, 0.05) is 19.4 Å². The van der Waals surface area contributed by atoms with Crippen molar-refractivity contribution in [3.05, 3.63) is 24.3 Å². The predicted molar refractivity (Wildman–Crippen MR) is 257 cm³/mol. The largest absolute Gasteiger partial charge is 0.472 e. The number of hydrogen-bond donors (Lipinski definition) is 2. The van der Waals surface area contributed by atoms with Gasteiger partial charge in [0.2, 0.25) is 0 Å². The van der Waals surface area contributed by atoms with Crippen molar-refractivity contribution in [2.45, 2.75) is 264 Å².